The van der Waals surface area contributed by atoms with E-state index in [-0.39, 0.29) is 23.9 Å². The number of nitrogens with one attached hydrogen (secondary N) is 1. The highest BCUT2D eigenvalue weighted by molar-refractivity contribution is 5.91. The molecule has 134 valence electrons. The third kappa shape index (κ3) is 2.99. The van der Waals surface area contributed by atoms with Crippen LogP contribution in [0.4, 0.5) is 21.8 Å². The van der Waals surface area contributed by atoms with Gasteiger partial charge in [-0.05, 0) is 18.2 Å². The fourth-order valence-corrected chi connectivity index (χ4v) is 3.34. The summed E-state index contributed by atoms with van der Waals surface area (Å²) in [6, 6.07) is 8.62. The lowest BCUT2D eigenvalue weighted by Gasteiger charge is -2.20. The van der Waals surface area contributed by atoms with Crippen LogP contribution >= 0.6 is 0 Å². The van der Waals surface area contributed by atoms with Crippen LogP contribution in [0.5, 0.6) is 0 Å². The lowest BCUT2D eigenvalue weighted by molar-refractivity contribution is 0.113. The fourth-order valence-electron chi connectivity index (χ4n) is 3.34. The lowest BCUT2D eigenvalue weighted by Crippen LogP contribution is -2.33. The first-order valence-electron chi connectivity index (χ1n) is 8.32. The monoisotopic (exact) mass is 354 g/mol. The van der Waals surface area contributed by atoms with Gasteiger partial charge in [-0.1, -0.05) is 12.1 Å². The number of nitrogens with zero attached hydrogens (tertiary/aromatic N) is 4. The number of fused-ring (bicyclic) bond motifs is 1. The van der Waals surface area contributed by atoms with Gasteiger partial charge in [0.25, 0.3) is 0 Å². The maximum Gasteiger partial charge on any atom is 0.221 e. The summed E-state index contributed by atoms with van der Waals surface area (Å²) in [5.41, 5.74) is 6.87. The van der Waals surface area contributed by atoms with Crippen LogP contribution in [0.25, 0.3) is 10.9 Å². The molecule has 0 radical (unpaired) electrons. The van der Waals surface area contributed by atoms with Gasteiger partial charge in [-0.3, -0.25) is 4.98 Å². The van der Waals surface area contributed by atoms with Gasteiger partial charge in [0, 0.05) is 43.7 Å². The minimum absolute atomic E-state index is 0.00468. The molecule has 1 saturated heterocycles. The number of nitrogen functional groups attached to an aromatic ring is 1. The van der Waals surface area contributed by atoms with E-state index >= 15 is 0 Å². The number of methoxy groups -OCH3 is 1. The Morgan fingerprint density at radius 2 is 2.04 bits per heavy atom. The molecule has 8 heteroatoms. The van der Waals surface area contributed by atoms with Crippen molar-refractivity contribution in [2.75, 3.05) is 36.1 Å². The molecular formula is C18H19FN6O. The predicted octanol–water partition coefficient (Wildman–Crippen LogP) is 2.06. The van der Waals surface area contributed by atoms with Crippen LogP contribution in [-0.4, -0.2) is 47.3 Å². The third-order valence-electron chi connectivity index (χ3n) is 4.62. The Morgan fingerprint density at radius 3 is 2.85 bits per heavy atom. The molecule has 0 spiro atoms. The number of para-hydroxylation sites is 1. The van der Waals surface area contributed by atoms with E-state index in [2.05, 4.69) is 25.2 Å². The van der Waals surface area contributed by atoms with Gasteiger partial charge in [0.2, 0.25) is 5.95 Å². The Bertz CT molecular complexity index is 936. The Balaban J connectivity index is 1.61. The molecule has 1 aliphatic rings. The van der Waals surface area contributed by atoms with Crippen LogP contribution in [0, 0.1) is 5.82 Å². The van der Waals surface area contributed by atoms with Crippen molar-refractivity contribution >= 4 is 28.4 Å². The van der Waals surface area contributed by atoms with Crippen LogP contribution in [-0.2, 0) is 4.74 Å². The molecule has 3 heterocycles. The van der Waals surface area contributed by atoms with Crippen LogP contribution in [0.3, 0.4) is 0 Å². The molecule has 1 aliphatic heterocycles. The van der Waals surface area contributed by atoms with Gasteiger partial charge in [-0.15, -0.1) is 0 Å². The molecular weight excluding hydrogens is 335 g/mol. The van der Waals surface area contributed by atoms with Crippen LogP contribution in [0.15, 0.2) is 42.7 Å². The summed E-state index contributed by atoms with van der Waals surface area (Å²) in [4.78, 5) is 14.4. The van der Waals surface area contributed by atoms with Gasteiger partial charge in [-0.2, -0.15) is 4.98 Å². The molecule has 0 saturated carbocycles. The number of pyridine rings is 1. The van der Waals surface area contributed by atoms with Gasteiger partial charge in [0.1, 0.15) is 17.2 Å². The number of hydrogen-bond acceptors (Lipinski definition) is 7. The second-order valence-corrected chi connectivity index (χ2v) is 6.20. The summed E-state index contributed by atoms with van der Waals surface area (Å²) in [7, 11) is 1.68. The molecule has 26 heavy (non-hydrogen) atoms. The Morgan fingerprint density at radius 1 is 1.19 bits per heavy atom. The van der Waals surface area contributed by atoms with Crippen molar-refractivity contribution in [1.82, 2.24) is 15.0 Å². The Labute approximate surface area is 150 Å². The van der Waals surface area contributed by atoms with Crippen molar-refractivity contribution in [3.63, 3.8) is 0 Å². The van der Waals surface area contributed by atoms with Crippen molar-refractivity contribution < 1.29 is 9.13 Å². The first kappa shape index (κ1) is 16.5. The second kappa shape index (κ2) is 6.72. The van der Waals surface area contributed by atoms with Crippen molar-refractivity contribution in [3.05, 3.63) is 48.5 Å². The van der Waals surface area contributed by atoms with E-state index < -0.39 is 0 Å². The number of aromatic nitrogens is 3. The molecule has 3 N–H and O–H groups in total. The summed E-state index contributed by atoms with van der Waals surface area (Å²) in [6.45, 7) is 1.34. The maximum absolute atomic E-state index is 14.0. The summed E-state index contributed by atoms with van der Waals surface area (Å²) in [5, 5.41) is 4.22. The number of hydrogen-bond donors (Lipinski definition) is 2. The van der Waals surface area contributed by atoms with E-state index in [1.807, 2.05) is 18.2 Å². The number of rotatable bonds is 4. The molecule has 0 amide bonds. The smallest absolute Gasteiger partial charge is 0.221 e. The zero-order chi connectivity index (χ0) is 18.1. The number of anilines is 3. The molecule has 3 aromatic rings. The zero-order valence-electron chi connectivity index (χ0n) is 14.3. The van der Waals surface area contributed by atoms with E-state index in [1.54, 1.807) is 25.6 Å². The normalized spacial score (nSPS) is 19.8. The summed E-state index contributed by atoms with van der Waals surface area (Å²) in [6.07, 6.45) is 3.19. The first-order chi connectivity index (χ1) is 12.7. The van der Waals surface area contributed by atoms with Crippen LogP contribution < -0.4 is 16.0 Å². The molecule has 0 bridgehead atoms. The summed E-state index contributed by atoms with van der Waals surface area (Å²) >= 11 is 0. The molecule has 1 fully saturated rings. The van der Waals surface area contributed by atoms with Crippen molar-refractivity contribution in [2.45, 2.75) is 12.1 Å². The Hall–Kier alpha value is -3.00. The average Bonchev–Trinajstić information content (AvgIpc) is 3.06. The molecule has 7 nitrogen and oxygen atoms in total. The quantitative estimate of drug-likeness (QED) is 0.741. The van der Waals surface area contributed by atoms with Gasteiger partial charge < -0.3 is 20.7 Å². The van der Waals surface area contributed by atoms with E-state index in [1.165, 1.54) is 6.07 Å². The standard InChI is InChI=1S/C18H19FN6O/c1-26-15-10-25(16-6-8-22-18(20)24-16)9-14(15)23-13-5-7-21-17-11(13)3-2-4-12(17)19/h2-8,14-15H,9-10H2,1H3,(H,21,23)(H2,20,22,24)/t14-,15+/m0/s1. The van der Waals surface area contributed by atoms with E-state index in [4.69, 9.17) is 10.5 Å². The first-order valence-corrected chi connectivity index (χ1v) is 8.32. The van der Waals surface area contributed by atoms with E-state index in [0.29, 0.717) is 18.6 Å². The van der Waals surface area contributed by atoms with Crippen molar-refractivity contribution in [3.8, 4) is 0 Å². The molecule has 0 unspecified atom stereocenters. The molecule has 2 aromatic heterocycles. The molecule has 0 aliphatic carbocycles. The topological polar surface area (TPSA) is 89.2 Å². The SMILES string of the molecule is CO[C@@H]1CN(c2ccnc(N)n2)C[C@@H]1Nc1ccnc2c(F)cccc12. The molecule has 1 aromatic carbocycles. The van der Waals surface area contributed by atoms with Gasteiger partial charge in [-0.25, -0.2) is 9.37 Å². The summed E-state index contributed by atoms with van der Waals surface area (Å²) < 4.78 is 19.6. The second-order valence-electron chi connectivity index (χ2n) is 6.20. The van der Waals surface area contributed by atoms with Crippen LogP contribution in [0.2, 0.25) is 0 Å². The van der Waals surface area contributed by atoms with Gasteiger partial charge >= 0.3 is 0 Å². The van der Waals surface area contributed by atoms with Gasteiger partial charge in [0.15, 0.2) is 0 Å². The highest BCUT2D eigenvalue weighted by Gasteiger charge is 2.34. The maximum atomic E-state index is 14.0. The number of halogens is 1. The van der Waals surface area contributed by atoms with E-state index in [9.17, 15) is 4.39 Å². The third-order valence-corrected chi connectivity index (χ3v) is 4.62. The van der Waals surface area contributed by atoms with E-state index in [0.717, 1.165) is 16.9 Å². The minimum Gasteiger partial charge on any atom is -0.377 e. The highest BCUT2D eigenvalue weighted by atomic mass is 19.1. The highest BCUT2D eigenvalue weighted by Crippen LogP contribution is 2.27. The lowest BCUT2D eigenvalue weighted by atomic mass is 10.1. The molecule has 4 rings (SSSR count). The minimum atomic E-state index is -0.334. The van der Waals surface area contributed by atoms with Crippen LogP contribution in [0.1, 0.15) is 0 Å². The van der Waals surface area contributed by atoms with Crippen molar-refractivity contribution in [2.24, 2.45) is 0 Å². The Kier molecular flexibility index (Phi) is 4.26. The number of ether oxygens (including phenoxy) is 1. The summed E-state index contributed by atoms with van der Waals surface area (Å²) in [5.74, 6) is 0.664. The number of nitrogens with two attached hydrogens (primary N) is 1. The van der Waals surface area contributed by atoms with Crippen molar-refractivity contribution in [1.29, 1.82) is 0 Å². The van der Waals surface area contributed by atoms with Gasteiger partial charge in [0.05, 0.1) is 12.1 Å². The fraction of sp³-hybridized carbons (Fsp3) is 0.278. The molecule has 2 atom stereocenters. The predicted molar refractivity (Wildman–Crippen MR) is 98.6 cm³/mol. The number of benzene rings is 1. The largest absolute Gasteiger partial charge is 0.377 e. The zero-order valence-corrected chi connectivity index (χ0v) is 14.3. The average molecular weight is 354 g/mol.